The van der Waals surface area contributed by atoms with E-state index in [1.165, 1.54) is 47.4 Å². The molecule has 0 amide bonds. The van der Waals surface area contributed by atoms with Crippen LogP contribution in [-0.4, -0.2) is 31.4 Å². The Kier molecular flexibility index (Phi) is 4.50. The van der Waals surface area contributed by atoms with Gasteiger partial charge >= 0.3 is 0 Å². The zero-order valence-corrected chi connectivity index (χ0v) is 16.5. The van der Waals surface area contributed by atoms with Gasteiger partial charge in [-0.25, -0.2) is 0 Å². The van der Waals surface area contributed by atoms with Gasteiger partial charge in [-0.1, -0.05) is 36.4 Å². The van der Waals surface area contributed by atoms with E-state index in [-0.39, 0.29) is 0 Å². The van der Waals surface area contributed by atoms with Gasteiger partial charge in [0.15, 0.2) is 19.4 Å². The lowest BCUT2D eigenvalue weighted by Gasteiger charge is -2.26. The summed E-state index contributed by atoms with van der Waals surface area (Å²) in [4.78, 5) is 0. The average Bonchev–Trinajstić information content (AvgIpc) is 3.08. The third kappa shape index (κ3) is 2.93. The molecule has 2 aliphatic rings. The molecule has 0 aromatic heterocycles. The summed E-state index contributed by atoms with van der Waals surface area (Å²) >= 11 is 0. The van der Waals surface area contributed by atoms with Crippen molar-refractivity contribution < 1.29 is 0 Å². The molecule has 0 aliphatic carbocycles. The molecule has 0 fully saturated rings. The minimum atomic E-state index is 0.663. The minimum Gasteiger partial charge on any atom is -0.395 e. The number of fused-ring (bicyclic) bond motifs is 2. The SMILES string of the molecule is CC1Cc2ccccc2N1[Si]CC[Si]N1c2ccccc2CC1C. The summed E-state index contributed by atoms with van der Waals surface area (Å²) in [5, 5.41) is 0. The van der Waals surface area contributed by atoms with E-state index in [0.29, 0.717) is 12.1 Å². The van der Waals surface area contributed by atoms with Gasteiger partial charge in [-0.15, -0.1) is 0 Å². The first-order chi connectivity index (χ1) is 11.7. The van der Waals surface area contributed by atoms with Crippen LogP contribution in [0.1, 0.15) is 25.0 Å². The van der Waals surface area contributed by atoms with Crippen LogP contribution in [0.25, 0.3) is 0 Å². The molecule has 0 bridgehead atoms. The summed E-state index contributed by atoms with van der Waals surface area (Å²) in [7, 11) is 1.83. The Bertz CT molecular complexity index is 657. The van der Waals surface area contributed by atoms with Crippen molar-refractivity contribution in [2.24, 2.45) is 0 Å². The van der Waals surface area contributed by atoms with Gasteiger partial charge in [-0.3, -0.25) is 0 Å². The van der Waals surface area contributed by atoms with Crippen molar-refractivity contribution in [3.63, 3.8) is 0 Å². The van der Waals surface area contributed by atoms with Gasteiger partial charge in [0, 0.05) is 23.5 Å². The fourth-order valence-electron chi connectivity index (χ4n) is 3.97. The number of benzene rings is 2. The molecule has 2 atom stereocenters. The van der Waals surface area contributed by atoms with Crippen LogP contribution in [-0.2, 0) is 12.8 Å². The highest BCUT2D eigenvalue weighted by Gasteiger charge is 2.27. The molecule has 2 nitrogen and oxygen atoms in total. The molecule has 2 aromatic carbocycles. The average molecular weight is 349 g/mol. The first-order valence-corrected chi connectivity index (χ1v) is 11.3. The van der Waals surface area contributed by atoms with Crippen LogP contribution in [0, 0.1) is 0 Å². The lowest BCUT2D eigenvalue weighted by Crippen LogP contribution is -2.35. The van der Waals surface area contributed by atoms with Gasteiger partial charge in [-0.2, -0.15) is 0 Å². The van der Waals surface area contributed by atoms with Crippen molar-refractivity contribution in [3.8, 4) is 0 Å². The number of hydrogen-bond donors (Lipinski definition) is 0. The number of rotatable bonds is 5. The van der Waals surface area contributed by atoms with Gasteiger partial charge in [0.05, 0.1) is 0 Å². The van der Waals surface area contributed by atoms with E-state index >= 15 is 0 Å². The third-order valence-electron chi connectivity index (χ3n) is 5.10. The predicted molar refractivity (Wildman–Crippen MR) is 105 cm³/mol. The molecule has 4 radical (unpaired) electrons. The van der Waals surface area contributed by atoms with Gasteiger partial charge in [0.2, 0.25) is 0 Å². The van der Waals surface area contributed by atoms with E-state index in [2.05, 4.69) is 71.5 Å². The van der Waals surface area contributed by atoms with E-state index < -0.39 is 0 Å². The molecular formula is C20H24N2Si2. The van der Waals surface area contributed by atoms with Crippen LogP contribution in [0.3, 0.4) is 0 Å². The molecule has 4 heteroatoms. The number of para-hydroxylation sites is 2. The van der Waals surface area contributed by atoms with E-state index in [0.717, 1.165) is 19.4 Å². The second kappa shape index (κ2) is 6.77. The summed E-state index contributed by atoms with van der Waals surface area (Å²) in [6, 6.07) is 21.8. The maximum absolute atomic E-state index is 2.64. The molecular weight excluding hydrogens is 324 g/mol. The van der Waals surface area contributed by atoms with Crippen molar-refractivity contribution in [3.05, 3.63) is 59.7 Å². The molecule has 2 unspecified atom stereocenters. The molecule has 0 saturated heterocycles. The van der Waals surface area contributed by atoms with Crippen LogP contribution < -0.4 is 9.13 Å². The normalized spacial score (nSPS) is 21.9. The fourth-order valence-corrected chi connectivity index (χ4v) is 6.92. The predicted octanol–water partition coefficient (Wildman–Crippen LogP) is 3.96. The highest BCUT2D eigenvalue weighted by Crippen LogP contribution is 2.33. The number of hydrogen-bond acceptors (Lipinski definition) is 2. The summed E-state index contributed by atoms with van der Waals surface area (Å²) in [6.07, 6.45) is 2.42. The van der Waals surface area contributed by atoms with E-state index in [1.807, 2.05) is 0 Å². The molecule has 0 spiro atoms. The quantitative estimate of drug-likeness (QED) is 0.596. The second-order valence-electron chi connectivity index (χ2n) is 6.92. The maximum atomic E-state index is 2.64. The topological polar surface area (TPSA) is 6.48 Å². The zero-order chi connectivity index (χ0) is 16.5. The molecule has 24 heavy (non-hydrogen) atoms. The Labute approximate surface area is 150 Å². The van der Waals surface area contributed by atoms with Crippen molar-refractivity contribution in [2.75, 3.05) is 9.13 Å². The maximum Gasteiger partial charge on any atom is 0.180 e. The Morgan fingerprint density at radius 2 is 1.17 bits per heavy atom. The molecule has 2 aliphatic heterocycles. The smallest absolute Gasteiger partial charge is 0.180 e. The summed E-state index contributed by atoms with van der Waals surface area (Å²) in [6.45, 7) is 4.74. The molecule has 0 N–H and O–H groups in total. The van der Waals surface area contributed by atoms with Crippen molar-refractivity contribution >= 4 is 30.7 Å². The zero-order valence-electron chi connectivity index (χ0n) is 14.5. The Morgan fingerprint density at radius 1 is 0.750 bits per heavy atom. The summed E-state index contributed by atoms with van der Waals surface area (Å²) in [5.41, 5.74) is 6.02. The van der Waals surface area contributed by atoms with Crippen LogP contribution in [0.2, 0.25) is 12.1 Å². The molecule has 2 heterocycles. The Balaban J connectivity index is 1.33. The summed E-state index contributed by atoms with van der Waals surface area (Å²) in [5.74, 6) is 0. The highest BCUT2D eigenvalue weighted by molar-refractivity contribution is 6.48. The van der Waals surface area contributed by atoms with Crippen molar-refractivity contribution in [1.29, 1.82) is 0 Å². The van der Waals surface area contributed by atoms with Crippen LogP contribution in [0.15, 0.2) is 48.5 Å². The minimum absolute atomic E-state index is 0.663. The largest absolute Gasteiger partial charge is 0.395 e. The van der Waals surface area contributed by atoms with E-state index in [9.17, 15) is 0 Å². The third-order valence-corrected chi connectivity index (χ3v) is 8.60. The molecule has 2 aromatic rings. The van der Waals surface area contributed by atoms with Crippen molar-refractivity contribution in [1.82, 2.24) is 0 Å². The van der Waals surface area contributed by atoms with E-state index in [1.54, 1.807) is 0 Å². The first-order valence-electron chi connectivity index (χ1n) is 8.95. The lowest BCUT2D eigenvalue weighted by molar-refractivity contribution is 0.779. The Morgan fingerprint density at radius 3 is 1.62 bits per heavy atom. The summed E-state index contributed by atoms with van der Waals surface area (Å²) < 4.78 is 5.28. The van der Waals surface area contributed by atoms with Gasteiger partial charge in [0.25, 0.3) is 0 Å². The first kappa shape index (κ1) is 16.0. The fraction of sp³-hybridized carbons (Fsp3) is 0.400. The van der Waals surface area contributed by atoms with Gasteiger partial charge in [0.1, 0.15) is 0 Å². The monoisotopic (exact) mass is 348 g/mol. The Hall–Kier alpha value is -1.53. The van der Waals surface area contributed by atoms with Crippen LogP contribution in [0.4, 0.5) is 11.4 Å². The molecule has 4 rings (SSSR count). The number of nitrogens with zero attached hydrogens (tertiary/aromatic N) is 2. The van der Waals surface area contributed by atoms with E-state index in [4.69, 9.17) is 0 Å². The lowest BCUT2D eigenvalue weighted by atomic mass is 10.1. The molecule has 0 saturated carbocycles. The second-order valence-corrected chi connectivity index (χ2v) is 9.52. The van der Waals surface area contributed by atoms with Crippen LogP contribution >= 0.6 is 0 Å². The standard InChI is InChI=1S/C20H24N2Si2/c1-15-13-17-7-3-5-9-19(17)21(15)23-11-12-24-22-16(2)14-18-8-4-6-10-20(18)22/h3-10,15-16H,11-14H2,1-2H3. The van der Waals surface area contributed by atoms with Crippen LogP contribution in [0.5, 0.6) is 0 Å². The van der Waals surface area contributed by atoms with Gasteiger partial charge < -0.3 is 9.13 Å². The molecule has 122 valence electrons. The highest BCUT2D eigenvalue weighted by atomic mass is 28.2. The van der Waals surface area contributed by atoms with Gasteiger partial charge in [-0.05, 0) is 62.0 Å². The van der Waals surface area contributed by atoms with Crippen molar-refractivity contribution in [2.45, 2.75) is 50.9 Å². The number of anilines is 2.